The Morgan fingerprint density at radius 1 is 1.12 bits per heavy atom. The minimum absolute atomic E-state index is 0.0675. The van der Waals surface area contributed by atoms with Gasteiger partial charge in [-0.3, -0.25) is 4.79 Å². The summed E-state index contributed by atoms with van der Waals surface area (Å²) in [5, 5.41) is 4.47. The van der Waals surface area contributed by atoms with Crippen LogP contribution in [0.4, 0.5) is 13.2 Å². The van der Waals surface area contributed by atoms with E-state index in [0.29, 0.717) is 28.9 Å². The lowest BCUT2D eigenvalue weighted by Crippen LogP contribution is -2.28. The van der Waals surface area contributed by atoms with Gasteiger partial charge < -0.3 is 4.74 Å². The number of nitrogens with zero attached hydrogens (tertiary/aromatic N) is 3. The maximum absolute atomic E-state index is 13.2. The van der Waals surface area contributed by atoms with E-state index < -0.39 is 17.2 Å². The Morgan fingerprint density at radius 2 is 1.85 bits per heavy atom. The fourth-order valence-corrected chi connectivity index (χ4v) is 4.50. The Hall–Kier alpha value is -3.68. The molecule has 2 aromatic carbocycles. The molecule has 0 N–H and O–H groups in total. The molecule has 168 valence electrons. The number of alkyl halides is 3. The van der Waals surface area contributed by atoms with Crippen LogP contribution in [0, 0.1) is 0 Å². The van der Waals surface area contributed by atoms with E-state index in [1.165, 1.54) is 12.1 Å². The van der Waals surface area contributed by atoms with Crippen molar-refractivity contribution in [2.75, 3.05) is 6.61 Å². The van der Waals surface area contributed by atoms with Gasteiger partial charge in [-0.05, 0) is 42.7 Å². The number of rotatable bonds is 5. The second kappa shape index (κ2) is 7.72. The predicted octanol–water partition coefficient (Wildman–Crippen LogP) is 5.40. The lowest BCUT2D eigenvalue weighted by atomic mass is 9.95. The normalized spacial score (nSPS) is 20.1. The van der Waals surface area contributed by atoms with Crippen LogP contribution in [0.25, 0.3) is 16.8 Å². The van der Waals surface area contributed by atoms with Gasteiger partial charge in [-0.25, -0.2) is 9.50 Å². The minimum Gasteiger partial charge on any atom is -0.465 e. The highest BCUT2D eigenvalue weighted by Crippen LogP contribution is 2.61. The number of esters is 1. The highest BCUT2D eigenvalue weighted by molar-refractivity contribution is 5.89. The molecule has 1 unspecified atom stereocenters. The lowest BCUT2D eigenvalue weighted by molar-refractivity contribution is -0.146. The Labute approximate surface area is 187 Å². The number of carbonyl (C=O) groups is 1. The number of aromatic nitrogens is 3. The Morgan fingerprint density at radius 3 is 2.52 bits per heavy atom. The second-order valence-corrected chi connectivity index (χ2v) is 8.06. The number of benzene rings is 2. The molecule has 0 spiro atoms. The summed E-state index contributed by atoms with van der Waals surface area (Å²) in [6.45, 7) is 2.02. The van der Waals surface area contributed by atoms with E-state index in [1.54, 1.807) is 29.9 Å². The Bertz CT molecular complexity index is 1320. The average molecular weight is 451 g/mol. The van der Waals surface area contributed by atoms with Crippen LogP contribution in [0.15, 0.2) is 73.1 Å². The molecule has 0 amide bonds. The largest absolute Gasteiger partial charge is 0.465 e. The zero-order valence-electron chi connectivity index (χ0n) is 17.7. The van der Waals surface area contributed by atoms with Gasteiger partial charge in [0.2, 0.25) is 0 Å². The molecular formula is C25H20F3N3O2. The summed E-state index contributed by atoms with van der Waals surface area (Å²) < 4.78 is 45.9. The van der Waals surface area contributed by atoms with E-state index in [2.05, 4.69) is 10.1 Å². The van der Waals surface area contributed by atoms with Crippen molar-refractivity contribution in [1.82, 2.24) is 14.6 Å². The smallest absolute Gasteiger partial charge is 0.416 e. The third-order valence-electron chi connectivity index (χ3n) is 6.18. The topological polar surface area (TPSA) is 56.5 Å². The molecule has 1 saturated carbocycles. The molecule has 0 aliphatic heterocycles. The molecule has 0 saturated heterocycles. The van der Waals surface area contributed by atoms with Crippen molar-refractivity contribution in [3.63, 3.8) is 0 Å². The third kappa shape index (κ3) is 3.46. The molecule has 4 aromatic rings. The first-order valence-corrected chi connectivity index (χ1v) is 10.6. The number of hydrogen-bond donors (Lipinski definition) is 0. The van der Waals surface area contributed by atoms with E-state index in [0.717, 1.165) is 17.7 Å². The van der Waals surface area contributed by atoms with Crippen LogP contribution < -0.4 is 0 Å². The van der Waals surface area contributed by atoms with E-state index in [1.807, 2.05) is 30.3 Å². The van der Waals surface area contributed by atoms with Crippen LogP contribution in [0.2, 0.25) is 0 Å². The molecule has 5 rings (SSSR count). The molecule has 2 atom stereocenters. The van der Waals surface area contributed by atoms with E-state index in [9.17, 15) is 18.0 Å². The lowest BCUT2D eigenvalue weighted by Gasteiger charge is -2.18. The maximum atomic E-state index is 13.2. The van der Waals surface area contributed by atoms with Gasteiger partial charge in [-0.15, -0.1) is 0 Å². The monoisotopic (exact) mass is 451 g/mol. The summed E-state index contributed by atoms with van der Waals surface area (Å²) in [5.41, 5.74) is 1.67. The number of ether oxygens (including phenoxy) is 1. The van der Waals surface area contributed by atoms with Crippen molar-refractivity contribution in [3.05, 3.63) is 89.9 Å². The third-order valence-corrected chi connectivity index (χ3v) is 6.18. The molecule has 5 nitrogen and oxygen atoms in total. The van der Waals surface area contributed by atoms with Crippen molar-refractivity contribution >= 4 is 11.6 Å². The van der Waals surface area contributed by atoms with Crippen LogP contribution in [-0.2, 0) is 21.1 Å². The van der Waals surface area contributed by atoms with Crippen LogP contribution >= 0.6 is 0 Å². The van der Waals surface area contributed by atoms with Gasteiger partial charge in [0.25, 0.3) is 0 Å². The molecule has 1 aliphatic rings. The summed E-state index contributed by atoms with van der Waals surface area (Å²) in [6, 6.07) is 16.4. The number of carbonyl (C=O) groups excluding carboxylic acids is 1. The molecule has 0 radical (unpaired) electrons. The SMILES string of the molecule is CCOC(=O)[C@]1(c2ccnc3c(-c4ccc(C(F)(F)F)cc4)cnn23)CC1c1ccccc1. The van der Waals surface area contributed by atoms with E-state index in [4.69, 9.17) is 4.74 Å². The fraction of sp³-hybridized carbons (Fsp3) is 0.240. The van der Waals surface area contributed by atoms with Crippen LogP contribution in [0.5, 0.6) is 0 Å². The summed E-state index contributed by atoms with van der Waals surface area (Å²) in [4.78, 5) is 17.6. The Balaban J connectivity index is 1.60. The van der Waals surface area contributed by atoms with Gasteiger partial charge in [0.05, 0.1) is 24.1 Å². The number of hydrogen-bond acceptors (Lipinski definition) is 4. The van der Waals surface area contributed by atoms with Gasteiger partial charge in [0.1, 0.15) is 5.41 Å². The predicted molar refractivity (Wildman–Crippen MR) is 116 cm³/mol. The zero-order valence-corrected chi connectivity index (χ0v) is 17.7. The average Bonchev–Trinajstić information content (AvgIpc) is 3.43. The highest BCUT2D eigenvalue weighted by atomic mass is 19.4. The second-order valence-electron chi connectivity index (χ2n) is 8.06. The molecule has 8 heteroatoms. The van der Waals surface area contributed by atoms with Crippen LogP contribution in [0.3, 0.4) is 0 Å². The van der Waals surface area contributed by atoms with Crippen molar-refractivity contribution in [3.8, 4) is 11.1 Å². The first-order valence-electron chi connectivity index (χ1n) is 10.6. The summed E-state index contributed by atoms with van der Waals surface area (Å²) >= 11 is 0. The first kappa shape index (κ1) is 21.2. The number of halogens is 3. The Kier molecular flexibility index (Phi) is 4.96. The van der Waals surface area contributed by atoms with Gasteiger partial charge in [0, 0.05) is 17.7 Å². The number of fused-ring (bicyclic) bond motifs is 1. The van der Waals surface area contributed by atoms with Crippen LogP contribution in [-0.4, -0.2) is 27.2 Å². The van der Waals surface area contributed by atoms with Gasteiger partial charge in [-0.2, -0.15) is 18.3 Å². The molecule has 2 heterocycles. The van der Waals surface area contributed by atoms with E-state index in [-0.39, 0.29) is 18.5 Å². The fourth-order valence-electron chi connectivity index (χ4n) is 4.50. The van der Waals surface area contributed by atoms with Crippen molar-refractivity contribution < 1.29 is 22.7 Å². The molecular weight excluding hydrogens is 431 g/mol. The molecule has 0 bridgehead atoms. The maximum Gasteiger partial charge on any atom is 0.416 e. The summed E-state index contributed by atoms with van der Waals surface area (Å²) in [6.07, 6.45) is -0.672. The highest BCUT2D eigenvalue weighted by Gasteiger charge is 2.64. The summed E-state index contributed by atoms with van der Waals surface area (Å²) in [5.74, 6) is -0.389. The minimum atomic E-state index is -4.41. The zero-order chi connectivity index (χ0) is 23.2. The van der Waals surface area contributed by atoms with Crippen molar-refractivity contribution in [2.45, 2.75) is 30.9 Å². The molecule has 1 fully saturated rings. The standard InChI is InChI=1S/C25H20F3N3O2/c1-2-33-23(32)24(14-20(24)17-6-4-3-5-7-17)21-12-13-29-22-19(15-30-31(21)22)16-8-10-18(11-9-16)25(26,27)28/h3-13,15,20H,2,14H2,1H3/t20?,24-/m1/s1. The first-order chi connectivity index (χ1) is 15.9. The quantitative estimate of drug-likeness (QED) is 0.381. The summed E-state index contributed by atoms with van der Waals surface area (Å²) in [7, 11) is 0. The van der Waals surface area contributed by atoms with Crippen molar-refractivity contribution in [2.24, 2.45) is 0 Å². The molecule has 33 heavy (non-hydrogen) atoms. The van der Waals surface area contributed by atoms with Gasteiger partial charge in [0.15, 0.2) is 5.65 Å². The van der Waals surface area contributed by atoms with Gasteiger partial charge in [-0.1, -0.05) is 42.5 Å². The molecule has 1 aliphatic carbocycles. The van der Waals surface area contributed by atoms with Crippen LogP contribution in [0.1, 0.15) is 36.1 Å². The van der Waals surface area contributed by atoms with Crippen molar-refractivity contribution in [1.29, 1.82) is 0 Å². The van der Waals surface area contributed by atoms with Gasteiger partial charge >= 0.3 is 12.1 Å². The molecule has 2 aromatic heterocycles. The van der Waals surface area contributed by atoms with E-state index >= 15 is 0 Å².